The Balaban J connectivity index is 2.59. The molecule has 1 heterocycles. The van der Waals surface area contributed by atoms with E-state index in [2.05, 4.69) is 25.7 Å². The zero-order valence-electron chi connectivity index (χ0n) is 9.56. The molecule has 1 rings (SSSR count). The van der Waals surface area contributed by atoms with E-state index in [1.807, 2.05) is 0 Å². The number of likely N-dealkylation sites (tertiary alicyclic amines) is 1. The van der Waals surface area contributed by atoms with Crippen molar-refractivity contribution in [2.45, 2.75) is 51.7 Å². The van der Waals surface area contributed by atoms with E-state index in [0.29, 0.717) is 25.9 Å². The predicted octanol–water partition coefficient (Wildman–Crippen LogP) is 2.18. The van der Waals surface area contributed by atoms with E-state index in [9.17, 15) is 9.18 Å². The van der Waals surface area contributed by atoms with Gasteiger partial charge >= 0.3 is 0 Å². The van der Waals surface area contributed by atoms with E-state index < -0.39 is 5.67 Å². The van der Waals surface area contributed by atoms with Gasteiger partial charge in [-0.2, -0.15) is 0 Å². The second-order valence-corrected chi connectivity index (χ2v) is 5.18. The average molecular weight is 201 g/mol. The van der Waals surface area contributed by atoms with Crippen LogP contribution in [-0.4, -0.2) is 35.0 Å². The Morgan fingerprint density at radius 2 is 1.71 bits per heavy atom. The Morgan fingerprint density at radius 3 is 2.00 bits per heavy atom. The monoisotopic (exact) mass is 201 g/mol. The van der Waals surface area contributed by atoms with Gasteiger partial charge in [0.2, 0.25) is 0 Å². The molecule has 14 heavy (non-hydrogen) atoms. The average Bonchev–Trinajstić information content (AvgIpc) is 2.03. The number of ketones is 1. The van der Waals surface area contributed by atoms with Crippen molar-refractivity contribution in [1.29, 1.82) is 0 Å². The summed E-state index contributed by atoms with van der Waals surface area (Å²) in [6.45, 7) is 9.07. The molecule has 82 valence electrons. The summed E-state index contributed by atoms with van der Waals surface area (Å²) in [5, 5.41) is 0. The molecule has 0 saturated carbocycles. The Morgan fingerprint density at radius 1 is 1.29 bits per heavy atom. The fourth-order valence-corrected chi connectivity index (χ4v) is 1.88. The molecule has 2 nitrogen and oxygen atoms in total. The molecular formula is C11H20FNO. The highest BCUT2D eigenvalue weighted by molar-refractivity contribution is 5.84. The summed E-state index contributed by atoms with van der Waals surface area (Å²) in [6, 6.07) is 0. The van der Waals surface area contributed by atoms with Crippen molar-refractivity contribution in [3.63, 3.8) is 0 Å². The molecule has 0 amide bonds. The summed E-state index contributed by atoms with van der Waals surface area (Å²) in [7, 11) is 0. The lowest BCUT2D eigenvalue weighted by Crippen LogP contribution is -2.52. The quantitative estimate of drug-likeness (QED) is 0.648. The molecule has 3 heteroatoms. The third-order valence-corrected chi connectivity index (χ3v) is 3.14. The molecule has 0 spiro atoms. The van der Waals surface area contributed by atoms with Gasteiger partial charge in [0, 0.05) is 31.5 Å². The molecule has 0 aromatic carbocycles. The van der Waals surface area contributed by atoms with Crippen molar-refractivity contribution in [2.24, 2.45) is 0 Å². The van der Waals surface area contributed by atoms with Gasteiger partial charge in [-0.05, 0) is 27.7 Å². The van der Waals surface area contributed by atoms with Crippen LogP contribution in [0.3, 0.4) is 0 Å². The van der Waals surface area contributed by atoms with Gasteiger partial charge in [-0.3, -0.25) is 9.69 Å². The fraction of sp³-hybridized carbons (Fsp3) is 0.909. The first-order valence-corrected chi connectivity index (χ1v) is 5.21. The molecular weight excluding hydrogens is 181 g/mol. The smallest absolute Gasteiger partial charge is 0.170 e. The van der Waals surface area contributed by atoms with Crippen LogP contribution in [0.1, 0.15) is 40.5 Å². The van der Waals surface area contributed by atoms with E-state index in [0.717, 1.165) is 0 Å². The summed E-state index contributed by atoms with van der Waals surface area (Å²) in [5.41, 5.74) is -1.47. The van der Waals surface area contributed by atoms with Gasteiger partial charge in [0.1, 0.15) is 0 Å². The van der Waals surface area contributed by atoms with E-state index in [4.69, 9.17) is 0 Å². The van der Waals surface area contributed by atoms with E-state index in [-0.39, 0.29) is 11.3 Å². The Hall–Kier alpha value is -0.440. The third-order valence-electron chi connectivity index (χ3n) is 3.14. The maximum Gasteiger partial charge on any atom is 0.170 e. The second-order valence-electron chi connectivity index (χ2n) is 5.18. The van der Waals surface area contributed by atoms with Crippen LogP contribution in [0.25, 0.3) is 0 Å². The molecule has 0 radical (unpaired) electrons. The Kier molecular flexibility index (Phi) is 3.00. The summed E-state index contributed by atoms with van der Waals surface area (Å²) >= 11 is 0. The van der Waals surface area contributed by atoms with Crippen molar-refractivity contribution < 1.29 is 9.18 Å². The maximum absolute atomic E-state index is 13.9. The number of hydrogen-bond donors (Lipinski definition) is 0. The topological polar surface area (TPSA) is 20.3 Å². The molecule has 0 atom stereocenters. The standard InChI is InChI=1S/C11H20FNO/c1-9(14)11(12)5-7-13(8-6-11)10(2,3)4/h5-8H2,1-4H3. The first kappa shape index (κ1) is 11.6. The normalized spacial score (nSPS) is 23.5. The zero-order chi connectivity index (χ0) is 11.0. The summed E-state index contributed by atoms with van der Waals surface area (Å²) in [6.07, 6.45) is 0.694. The van der Waals surface area contributed by atoms with Gasteiger partial charge in [0.05, 0.1) is 0 Å². The van der Waals surface area contributed by atoms with Crippen LogP contribution in [0, 0.1) is 0 Å². The molecule has 0 bridgehead atoms. The highest BCUT2D eigenvalue weighted by Crippen LogP contribution is 2.30. The SMILES string of the molecule is CC(=O)C1(F)CCN(C(C)(C)C)CC1. The highest BCUT2D eigenvalue weighted by atomic mass is 19.1. The minimum absolute atomic E-state index is 0.0815. The van der Waals surface area contributed by atoms with Crippen molar-refractivity contribution in [1.82, 2.24) is 4.90 Å². The van der Waals surface area contributed by atoms with Gasteiger partial charge in [0.15, 0.2) is 11.5 Å². The number of alkyl halides is 1. The van der Waals surface area contributed by atoms with Crippen LogP contribution in [-0.2, 0) is 4.79 Å². The largest absolute Gasteiger partial charge is 0.298 e. The van der Waals surface area contributed by atoms with E-state index in [1.54, 1.807) is 0 Å². The molecule has 0 N–H and O–H groups in total. The number of carbonyl (C=O) groups excluding carboxylic acids is 1. The van der Waals surface area contributed by atoms with Gasteiger partial charge < -0.3 is 0 Å². The predicted molar refractivity (Wildman–Crippen MR) is 55.1 cm³/mol. The van der Waals surface area contributed by atoms with Crippen LogP contribution < -0.4 is 0 Å². The molecule has 1 saturated heterocycles. The van der Waals surface area contributed by atoms with Crippen LogP contribution >= 0.6 is 0 Å². The van der Waals surface area contributed by atoms with Crippen LogP contribution in [0.15, 0.2) is 0 Å². The van der Waals surface area contributed by atoms with E-state index in [1.165, 1.54) is 6.92 Å². The fourth-order valence-electron chi connectivity index (χ4n) is 1.88. The lowest BCUT2D eigenvalue weighted by atomic mass is 9.87. The number of Topliss-reactive ketones (excluding diaryl/α,β-unsaturated/α-hetero) is 1. The minimum atomic E-state index is -1.55. The number of rotatable bonds is 1. The lowest BCUT2D eigenvalue weighted by Gasteiger charge is -2.42. The van der Waals surface area contributed by atoms with Gasteiger partial charge in [-0.15, -0.1) is 0 Å². The number of carbonyl (C=O) groups is 1. The molecule has 1 aliphatic heterocycles. The first-order chi connectivity index (χ1) is 6.26. The van der Waals surface area contributed by atoms with Crippen molar-refractivity contribution in [2.75, 3.05) is 13.1 Å². The number of nitrogens with zero attached hydrogens (tertiary/aromatic N) is 1. The Bertz CT molecular complexity index is 224. The molecule has 1 aliphatic rings. The van der Waals surface area contributed by atoms with Gasteiger partial charge in [-0.25, -0.2) is 4.39 Å². The molecule has 0 aromatic heterocycles. The summed E-state index contributed by atoms with van der Waals surface area (Å²) < 4.78 is 13.9. The zero-order valence-corrected chi connectivity index (χ0v) is 9.56. The second kappa shape index (κ2) is 3.61. The molecule has 0 aromatic rings. The van der Waals surface area contributed by atoms with Crippen LogP contribution in [0.2, 0.25) is 0 Å². The first-order valence-electron chi connectivity index (χ1n) is 5.21. The van der Waals surface area contributed by atoms with Crippen molar-refractivity contribution >= 4 is 5.78 Å². The maximum atomic E-state index is 13.9. The minimum Gasteiger partial charge on any atom is -0.298 e. The van der Waals surface area contributed by atoms with Crippen molar-refractivity contribution in [3.8, 4) is 0 Å². The highest BCUT2D eigenvalue weighted by Gasteiger charge is 2.40. The van der Waals surface area contributed by atoms with Crippen LogP contribution in [0.4, 0.5) is 4.39 Å². The van der Waals surface area contributed by atoms with Gasteiger partial charge in [-0.1, -0.05) is 0 Å². The third kappa shape index (κ3) is 2.32. The molecule has 0 aliphatic carbocycles. The van der Waals surface area contributed by atoms with Gasteiger partial charge in [0.25, 0.3) is 0 Å². The summed E-state index contributed by atoms with van der Waals surface area (Å²) in [4.78, 5) is 13.3. The number of hydrogen-bond acceptors (Lipinski definition) is 2. The number of halogens is 1. The van der Waals surface area contributed by atoms with E-state index >= 15 is 0 Å². The van der Waals surface area contributed by atoms with Crippen molar-refractivity contribution in [3.05, 3.63) is 0 Å². The molecule has 1 fully saturated rings. The lowest BCUT2D eigenvalue weighted by molar-refractivity contribution is -0.132. The Labute approximate surface area is 85.5 Å². The summed E-state index contributed by atoms with van der Waals surface area (Å²) in [5.74, 6) is -0.314. The molecule has 0 unspecified atom stereocenters. The number of piperidine rings is 1. The van der Waals surface area contributed by atoms with Crippen LogP contribution in [0.5, 0.6) is 0 Å².